The average molecular weight is 245 g/mol. The zero-order valence-corrected chi connectivity index (χ0v) is 10.0. The van der Waals surface area contributed by atoms with Crippen LogP contribution in [0.4, 0.5) is 0 Å². The van der Waals surface area contributed by atoms with Gasteiger partial charge in [-0.15, -0.1) is 0 Å². The Kier molecular flexibility index (Phi) is 3.44. The number of nitrogens with zero attached hydrogens (tertiary/aromatic N) is 3. The standard InChI is InChI=1S/C12H11N3O3/c1-8-10(15-18-14-8)7-17-11-4-3-9(6-13)5-12(11)16-2/h3-5H,7H2,1-2H3. The number of hydrogen-bond donors (Lipinski definition) is 0. The van der Waals surface area contributed by atoms with Crippen LogP contribution in [0.5, 0.6) is 11.5 Å². The highest BCUT2D eigenvalue weighted by molar-refractivity contribution is 5.46. The van der Waals surface area contributed by atoms with Crippen LogP contribution in [-0.4, -0.2) is 17.4 Å². The summed E-state index contributed by atoms with van der Waals surface area (Å²) < 4.78 is 15.3. The summed E-state index contributed by atoms with van der Waals surface area (Å²) in [7, 11) is 1.52. The highest BCUT2D eigenvalue weighted by Gasteiger charge is 2.09. The first-order valence-electron chi connectivity index (χ1n) is 5.23. The smallest absolute Gasteiger partial charge is 0.162 e. The predicted molar refractivity (Wildman–Crippen MR) is 61.1 cm³/mol. The first-order chi connectivity index (χ1) is 8.74. The van der Waals surface area contributed by atoms with Gasteiger partial charge in [0.25, 0.3) is 0 Å². The molecule has 0 amide bonds. The fourth-order valence-electron chi connectivity index (χ4n) is 1.38. The topological polar surface area (TPSA) is 81.2 Å². The fourth-order valence-corrected chi connectivity index (χ4v) is 1.38. The van der Waals surface area contributed by atoms with Gasteiger partial charge in [-0.3, -0.25) is 0 Å². The maximum atomic E-state index is 8.79. The maximum Gasteiger partial charge on any atom is 0.162 e. The van der Waals surface area contributed by atoms with Crippen LogP contribution in [0.3, 0.4) is 0 Å². The van der Waals surface area contributed by atoms with Gasteiger partial charge in [-0.25, -0.2) is 4.63 Å². The molecule has 2 aromatic rings. The molecule has 2 rings (SSSR count). The molecule has 0 saturated heterocycles. The summed E-state index contributed by atoms with van der Waals surface area (Å²) in [6.45, 7) is 2.02. The summed E-state index contributed by atoms with van der Waals surface area (Å²) in [4.78, 5) is 0. The van der Waals surface area contributed by atoms with E-state index in [0.29, 0.717) is 28.5 Å². The number of benzene rings is 1. The molecule has 0 fully saturated rings. The number of methoxy groups -OCH3 is 1. The minimum atomic E-state index is 0.234. The Morgan fingerprint density at radius 1 is 1.33 bits per heavy atom. The fraction of sp³-hybridized carbons (Fsp3) is 0.250. The van der Waals surface area contributed by atoms with Gasteiger partial charge in [-0.2, -0.15) is 5.26 Å². The van der Waals surface area contributed by atoms with Crippen molar-refractivity contribution < 1.29 is 14.1 Å². The Labute approximate surface area is 104 Å². The van der Waals surface area contributed by atoms with Gasteiger partial charge < -0.3 is 9.47 Å². The number of aromatic nitrogens is 2. The Hall–Kier alpha value is -2.55. The van der Waals surface area contributed by atoms with E-state index in [2.05, 4.69) is 14.9 Å². The number of ether oxygens (including phenoxy) is 2. The van der Waals surface area contributed by atoms with Crippen molar-refractivity contribution in [3.05, 3.63) is 35.2 Å². The lowest BCUT2D eigenvalue weighted by Crippen LogP contribution is -1.99. The highest BCUT2D eigenvalue weighted by atomic mass is 16.6. The molecular weight excluding hydrogens is 234 g/mol. The third-order valence-electron chi connectivity index (χ3n) is 2.40. The Bertz CT molecular complexity index is 586. The second-order valence-electron chi connectivity index (χ2n) is 3.56. The Balaban J connectivity index is 2.15. The number of aryl methyl sites for hydroxylation is 1. The zero-order chi connectivity index (χ0) is 13.0. The molecule has 6 heteroatoms. The van der Waals surface area contributed by atoms with Gasteiger partial charge in [0, 0.05) is 6.07 Å². The van der Waals surface area contributed by atoms with Crippen LogP contribution in [0.25, 0.3) is 0 Å². The monoisotopic (exact) mass is 245 g/mol. The van der Waals surface area contributed by atoms with Crippen LogP contribution in [-0.2, 0) is 6.61 Å². The van der Waals surface area contributed by atoms with Crippen molar-refractivity contribution in [1.29, 1.82) is 5.26 Å². The minimum absolute atomic E-state index is 0.234. The summed E-state index contributed by atoms with van der Waals surface area (Å²) in [5.41, 5.74) is 1.82. The van der Waals surface area contributed by atoms with E-state index in [4.69, 9.17) is 14.7 Å². The Morgan fingerprint density at radius 3 is 2.78 bits per heavy atom. The van der Waals surface area contributed by atoms with Gasteiger partial charge in [-0.05, 0) is 19.1 Å². The molecule has 0 aliphatic rings. The molecule has 0 radical (unpaired) electrons. The lowest BCUT2D eigenvalue weighted by atomic mass is 10.2. The lowest BCUT2D eigenvalue weighted by molar-refractivity contribution is 0.260. The molecule has 0 spiro atoms. The molecule has 0 unspecified atom stereocenters. The van der Waals surface area contributed by atoms with E-state index in [1.54, 1.807) is 25.1 Å². The van der Waals surface area contributed by atoms with Crippen molar-refractivity contribution in [2.45, 2.75) is 13.5 Å². The minimum Gasteiger partial charge on any atom is -0.493 e. The summed E-state index contributed by atoms with van der Waals surface area (Å²) in [6.07, 6.45) is 0. The molecule has 0 N–H and O–H groups in total. The third-order valence-corrected chi connectivity index (χ3v) is 2.40. The van der Waals surface area contributed by atoms with E-state index in [1.807, 2.05) is 6.07 Å². The second kappa shape index (κ2) is 5.19. The SMILES string of the molecule is COc1cc(C#N)ccc1OCc1nonc1C. The Morgan fingerprint density at radius 2 is 2.17 bits per heavy atom. The van der Waals surface area contributed by atoms with E-state index >= 15 is 0 Å². The van der Waals surface area contributed by atoms with Crippen molar-refractivity contribution in [2.75, 3.05) is 7.11 Å². The van der Waals surface area contributed by atoms with Crippen molar-refractivity contribution in [2.24, 2.45) is 0 Å². The molecule has 0 aliphatic carbocycles. The molecule has 1 aromatic carbocycles. The summed E-state index contributed by atoms with van der Waals surface area (Å²) in [5, 5.41) is 16.2. The van der Waals surface area contributed by atoms with Crippen molar-refractivity contribution in [3.8, 4) is 17.6 Å². The second-order valence-corrected chi connectivity index (χ2v) is 3.56. The van der Waals surface area contributed by atoms with Crippen LogP contribution in [0.15, 0.2) is 22.8 Å². The number of rotatable bonds is 4. The van der Waals surface area contributed by atoms with Crippen molar-refractivity contribution in [1.82, 2.24) is 10.3 Å². The van der Waals surface area contributed by atoms with Gasteiger partial charge >= 0.3 is 0 Å². The quantitative estimate of drug-likeness (QED) is 0.817. The molecule has 1 aromatic heterocycles. The molecule has 0 atom stereocenters. The van der Waals surface area contributed by atoms with Gasteiger partial charge in [-0.1, -0.05) is 10.3 Å². The van der Waals surface area contributed by atoms with E-state index in [9.17, 15) is 0 Å². The molecule has 92 valence electrons. The molecule has 0 aliphatic heterocycles. The molecule has 18 heavy (non-hydrogen) atoms. The van der Waals surface area contributed by atoms with Gasteiger partial charge in [0.2, 0.25) is 0 Å². The molecular formula is C12H11N3O3. The number of hydrogen-bond acceptors (Lipinski definition) is 6. The molecule has 0 saturated carbocycles. The molecule has 0 bridgehead atoms. The summed E-state index contributed by atoms with van der Waals surface area (Å²) in [5.74, 6) is 1.04. The van der Waals surface area contributed by atoms with E-state index in [0.717, 1.165) is 0 Å². The van der Waals surface area contributed by atoms with Crippen LogP contribution >= 0.6 is 0 Å². The van der Waals surface area contributed by atoms with E-state index in [1.165, 1.54) is 7.11 Å². The van der Waals surface area contributed by atoms with Crippen LogP contribution < -0.4 is 9.47 Å². The van der Waals surface area contributed by atoms with Gasteiger partial charge in [0.1, 0.15) is 18.0 Å². The largest absolute Gasteiger partial charge is 0.493 e. The zero-order valence-electron chi connectivity index (χ0n) is 10.0. The average Bonchev–Trinajstić information content (AvgIpc) is 2.81. The van der Waals surface area contributed by atoms with Gasteiger partial charge in [0.05, 0.1) is 18.7 Å². The highest BCUT2D eigenvalue weighted by Crippen LogP contribution is 2.28. The number of nitriles is 1. The first kappa shape index (κ1) is 11.9. The van der Waals surface area contributed by atoms with Crippen molar-refractivity contribution >= 4 is 0 Å². The predicted octanol–water partition coefficient (Wildman–Crippen LogP) is 1.84. The van der Waals surface area contributed by atoms with Crippen LogP contribution in [0.2, 0.25) is 0 Å². The van der Waals surface area contributed by atoms with E-state index < -0.39 is 0 Å². The first-order valence-corrected chi connectivity index (χ1v) is 5.23. The normalized spacial score (nSPS) is 9.83. The molecule has 1 heterocycles. The van der Waals surface area contributed by atoms with Crippen LogP contribution in [0, 0.1) is 18.3 Å². The van der Waals surface area contributed by atoms with Gasteiger partial charge in [0.15, 0.2) is 11.5 Å². The van der Waals surface area contributed by atoms with Crippen LogP contribution in [0.1, 0.15) is 17.0 Å². The summed E-state index contributed by atoms with van der Waals surface area (Å²) in [6, 6.07) is 6.99. The van der Waals surface area contributed by atoms with Crippen molar-refractivity contribution in [3.63, 3.8) is 0 Å². The molecule has 6 nitrogen and oxygen atoms in total. The van der Waals surface area contributed by atoms with E-state index in [-0.39, 0.29) is 6.61 Å². The summed E-state index contributed by atoms with van der Waals surface area (Å²) >= 11 is 0. The lowest BCUT2D eigenvalue weighted by Gasteiger charge is -2.09. The third kappa shape index (κ3) is 2.40. The maximum absolute atomic E-state index is 8.79.